The van der Waals surface area contributed by atoms with Crippen LogP contribution in [0, 0.1) is 0 Å². The maximum absolute atomic E-state index is 14.6. The molecule has 0 heterocycles. The molecule has 0 rings (SSSR count). The third-order valence-corrected chi connectivity index (χ3v) is 17.4. The summed E-state index contributed by atoms with van der Waals surface area (Å²) in [7, 11) is -10.4. The second-order valence-corrected chi connectivity index (χ2v) is 24.6. The predicted molar refractivity (Wildman–Crippen MR) is 83.4 cm³/mol. The Labute approximate surface area is 108 Å². The largest absolute Gasteiger partial charge is 0.346 e. The normalized spacial score (nSPS) is 15.3. The standard InChI is InChI=1S/C9H27F2N2PSi3/c1-15(2,3)12-14(10,11)13(16(4,5)6)17(7,8)9/h1-9H3. The van der Waals surface area contributed by atoms with Gasteiger partial charge in [-0.15, -0.1) is 0 Å². The second-order valence-electron chi connectivity index (χ2n) is 7.38. The molecule has 104 valence electrons. The molecule has 0 amide bonds. The SMILES string of the molecule is C[Si](C)(C)N=P(F)(F)N([Si](C)(C)C)[Si](C)(C)C. The molecule has 0 fully saturated rings. The number of nitrogens with zero attached hydrogens (tertiary/aromatic N) is 2. The van der Waals surface area contributed by atoms with Crippen molar-refractivity contribution >= 4 is 32.5 Å². The lowest BCUT2D eigenvalue weighted by atomic mass is 11.8. The number of hydrogen-bond acceptors (Lipinski definition) is 1. The van der Waals surface area contributed by atoms with Crippen molar-refractivity contribution < 1.29 is 8.39 Å². The highest BCUT2D eigenvalue weighted by atomic mass is 31.2. The third kappa shape index (κ3) is 5.92. The van der Waals surface area contributed by atoms with Crippen LogP contribution >= 0.6 is 7.83 Å². The first-order valence-corrected chi connectivity index (χ1v) is 17.7. The van der Waals surface area contributed by atoms with E-state index in [1.54, 1.807) is 4.00 Å². The molecule has 0 radical (unpaired) electrons. The molecular weight excluding hydrogens is 289 g/mol. The zero-order chi connectivity index (χ0) is 14.3. The molecule has 0 aliphatic carbocycles. The maximum atomic E-state index is 14.6. The number of rotatable bonds is 4. The van der Waals surface area contributed by atoms with Gasteiger partial charge >= 0.3 is 7.83 Å². The summed E-state index contributed by atoms with van der Waals surface area (Å²) in [5, 5.41) is 0. The molecular formula is C9H27F2N2PSi3. The highest BCUT2D eigenvalue weighted by molar-refractivity contribution is 7.59. The van der Waals surface area contributed by atoms with Crippen molar-refractivity contribution in [3.63, 3.8) is 0 Å². The molecule has 0 spiro atoms. The lowest BCUT2D eigenvalue weighted by molar-refractivity contribution is 0.653. The van der Waals surface area contributed by atoms with Gasteiger partial charge in [0.2, 0.25) is 0 Å². The molecule has 0 saturated carbocycles. The van der Waals surface area contributed by atoms with Crippen LogP contribution in [0.15, 0.2) is 4.41 Å². The summed E-state index contributed by atoms with van der Waals surface area (Å²) in [5.41, 5.74) is 0. The molecule has 8 heteroatoms. The molecule has 0 N–H and O–H groups in total. The topological polar surface area (TPSA) is 15.6 Å². The van der Waals surface area contributed by atoms with Gasteiger partial charge in [0.05, 0.1) is 0 Å². The van der Waals surface area contributed by atoms with Crippen LogP contribution in [0.1, 0.15) is 0 Å². The summed E-state index contributed by atoms with van der Waals surface area (Å²) in [4.78, 5) is 0. The molecule has 0 saturated heterocycles. The Hall–Kier alpha value is 0.701. The summed E-state index contributed by atoms with van der Waals surface area (Å²) < 4.78 is 34.7. The molecule has 0 aromatic heterocycles. The van der Waals surface area contributed by atoms with Crippen LogP contribution in [0.2, 0.25) is 58.9 Å². The predicted octanol–water partition coefficient (Wildman–Crippen LogP) is 5.68. The van der Waals surface area contributed by atoms with Gasteiger partial charge in [0.15, 0.2) is 8.24 Å². The van der Waals surface area contributed by atoms with Crippen LogP contribution < -0.4 is 0 Å². The van der Waals surface area contributed by atoms with Gasteiger partial charge in [-0.2, -0.15) is 8.39 Å². The Morgan fingerprint density at radius 1 is 0.765 bits per heavy atom. The first-order valence-electron chi connectivity index (χ1n) is 5.91. The minimum absolute atomic E-state index is 1.59. The van der Waals surface area contributed by atoms with Crippen molar-refractivity contribution in [1.29, 1.82) is 0 Å². The van der Waals surface area contributed by atoms with E-state index in [1.165, 1.54) is 0 Å². The zero-order valence-electron chi connectivity index (χ0n) is 12.6. The Balaban J connectivity index is 5.74. The van der Waals surface area contributed by atoms with Gasteiger partial charge in [0.1, 0.15) is 16.5 Å². The molecule has 0 bridgehead atoms. The van der Waals surface area contributed by atoms with E-state index < -0.39 is 32.5 Å². The van der Waals surface area contributed by atoms with Gasteiger partial charge in [-0.25, -0.2) is 0 Å². The van der Waals surface area contributed by atoms with Crippen LogP contribution in [-0.2, 0) is 0 Å². The fourth-order valence-corrected chi connectivity index (χ4v) is 20.0. The van der Waals surface area contributed by atoms with E-state index in [1.807, 2.05) is 58.9 Å². The van der Waals surface area contributed by atoms with E-state index in [-0.39, 0.29) is 0 Å². The summed E-state index contributed by atoms with van der Waals surface area (Å²) in [6.45, 7) is 17.6. The lowest BCUT2D eigenvalue weighted by Crippen LogP contribution is -2.55. The number of halogens is 2. The van der Waals surface area contributed by atoms with E-state index in [9.17, 15) is 8.39 Å². The fraction of sp³-hybridized carbons (Fsp3) is 1.00. The number of hydrogen-bond donors (Lipinski definition) is 0. The van der Waals surface area contributed by atoms with E-state index in [4.69, 9.17) is 0 Å². The Morgan fingerprint density at radius 2 is 1.06 bits per heavy atom. The van der Waals surface area contributed by atoms with Crippen LogP contribution in [-0.4, -0.2) is 28.7 Å². The van der Waals surface area contributed by atoms with Crippen molar-refractivity contribution in [3.05, 3.63) is 0 Å². The maximum Gasteiger partial charge on any atom is 0.346 e. The van der Waals surface area contributed by atoms with Gasteiger partial charge in [0.25, 0.3) is 0 Å². The van der Waals surface area contributed by atoms with E-state index in [0.717, 1.165) is 0 Å². The van der Waals surface area contributed by atoms with Gasteiger partial charge in [-0.05, 0) is 19.6 Å². The van der Waals surface area contributed by atoms with Gasteiger partial charge < -0.3 is 0 Å². The quantitative estimate of drug-likeness (QED) is 0.481. The van der Waals surface area contributed by atoms with Gasteiger partial charge in [-0.3, -0.25) is 8.41 Å². The first kappa shape index (κ1) is 17.7. The van der Waals surface area contributed by atoms with Crippen LogP contribution in [0.25, 0.3) is 0 Å². The highest BCUT2D eigenvalue weighted by Gasteiger charge is 2.46. The summed E-state index contributed by atoms with van der Waals surface area (Å²) in [5.74, 6) is 0. The molecule has 0 unspecified atom stereocenters. The van der Waals surface area contributed by atoms with E-state index in [0.29, 0.717) is 0 Å². The molecule has 0 aromatic carbocycles. The lowest BCUT2D eigenvalue weighted by Gasteiger charge is -2.44. The summed E-state index contributed by atoms with van der Waals surface area (Å²) in [6, 6.07) is 0. The second kappa shape index (κ2) is 5.00. The average Bonchev–Trinajstić information content (AvgIpc) is 1.66. The average molecular weight is 317 g/mol. The monoisotopic (exact) mass is 316 g/mol. The molecule has 0 aliphatic rings. The van der Waals surface area contributed by atoms with Crippen molar-refractivity contribution in [2.24, 2.45) is 4.41 Å². The minimum Gasteiger partial charge on any atom is -0.273 e. The Kier molecular flexibility index (Phi) is 5.20. The highest BCUT2D eigenvalue weighted by Crippen LogP contribution is 2.62. The molecule has 0 atom stereocenters. The fourth-order valence-electron chi connectivity index (χ4n) is 2.13. The third-order valence-electron chi connectivity index (χ3n) is 1.93. The van der Waals surface area contributed by atoms with Crippen LogP contribution in [0.3, 0.4) is 0 Å². The van der Waals surface area contributed by atoms with E-state index in [2.05, 4.69) is 4.41 Å². The molecule has 0 aromatic rings. The Bertz CT molecular complexity index is 309. The van der Waals surface area contributed by atoms with Gasteiger partial charge in [0, 0.05) is 0 Å². The summed E-state index contributed by atoms with van der Waals surface area (Å²) in [6.07, 6.45) is 0. The Morgan fingerprint density at radius 3 is 1.24 bits per heavy atom. The van der Waals surface area contributed by atoms with Gasteiger partial charge in [-0.1, -0.05) is 39.3 Å². The minimum atomic E-state index is -4.27. The van der Waals surface area contributed by atoms with Crippen molar-refractivity contribution in [2.75, 3.05) is 0 Å². The zero-order valence-corrected chi connectivity index (χ0v) is 16.5. The smallest absolute Gasteiger partial charge is 0.273 e. The van der Waals surface area contributed by atoms with Crippen molar-refractivity contribution in [3.8, 4) is 0 Å². The van der Waals surface area contributed by atoms with E-state index >= 15 is 0 Å². The summed E-state index contributed by atoms with van der Waals surface area (Å²) >= 11 is 0. The molecule has 0 aliphatic heterocycles. The van der Waals surface area contributed by atoms with Crippen LogP contribution in [0.4, 0.5) is 8.39 Å². The van der Waals surface area contributed by atoms with Crippen molar-refractivity contribution in [1.82, 2.24) is 4.00 Å². The molecule has 17 heavy (non-hydrogen) atoms. The molecule has 2 nitrogen and oxygen atoms in total. The first-order chi connectivity index (χ1) is 7.07. The van der Waals surface area contributed by atoms with Crippen LogP contribution in [0.5, 0.6) is 0 Å². The van der Waals surface area contributed by atoms with Crippen molar-refractivity contribution in [2.45, 2.75) is 58.9 Å².